The molecule has 35 heavy (non-hydrogen) atoms. The summed E-state index contributed by atoms with van der Waals surface area (Å²) in [5, 5.41) is 8.99. The van der Waals surface area contributed by atoms with Crippen molar-refractivity contribution in [1.29, 1.82) is 0 Å². The van der Waals surface area contributed by atoms with Crippen LogP contribution in [0.5, 0.6) is 5.88 Å². The first kappa shape index (κ1) is 25.7. The van der Waals surface area contributed by atoms with Crippen molar-refractivity contribution in [2.75, 3.05) is 6.61 Å². The van der Waals surface area contributed by atoms with Gasteiger partial charge in [0.15, 0.2) is 12.3 Å². The zero-order valence-corrected chi connectivity index (χ0v) is 17.8. The quantitative estimate of drug-likeness (QED) is 0.434. The number of alkyl halides is 6. The zero-order chi connectivity index (χ0) is 25.6. The molecule has 2 amide bonds. The van der Waals surface area contributed by atoms with Crippen LogP contribution in [0.15, 0.2) is 36.7 Å². The number of imidazole rings is 1. The van der Waals surface area contributed by atoms with Gasteiger partial charge in [-0.25, -0.2) is 14.5 Å². The molecule has 0 fully saturated rings. The van der Waals surface area contributed by atoms with E-state index in [4.69, 9.17) is 0 Å². The second-order valence-corrected chi connectivity index (χ2v) is 7.24. The van der Waals surface area contributed by atoms with E-state index in [-0.39, 0.29) is 24.7 Å². The molecule has 0 aliphatic heterocycles. The molecule has 0 saturated carbocycles. The minimum Gasteiger partial charge on any atom is -0.468 e. The van der Waals surface area contributed by atoms with Crippen LogP contribution < -0.4 is 15.4 Å². The fourth-order valence-electron chi connectivity index (χ4n) is 2.73. The van der Waals surface area contributed by atoms with E-state index in [1.165, 1.54) is 35.1 Å². The fraction of sp³-hybridized carbons (Fsp3) is 0.350. The molecular weight excluding hydrogens is 486 g/mol. The summed E-state index contributed by atoms with van der Waals surface area (Å²) in [6.45, 7) is -1.64. The average Bonchev–Trinajstić information content (AvgIpc) is 3.20. The van der Waals surface area contributed by atoms with Gasteiger partial charge in [0.05, 0.1) is 31.1 Å². The Balaban J connectivity index is 1.54. The standard InChI is InChI=1S/C20H18F6N6O3/c21-19(22,23)5-4-16(33)27-7-12-6-15-30-13(10-32(15)29-8-12)9-28-18(34)14-2-1-3-17(31-14)35-11-20(24,25)26/h1-3,6,8,10H,4-5,7,9,11H2,(H,27,33)(H,28,34). The van der Waals surface area contributed by atoms with E-state index in [1.54, 1.807) is 6.07 Å². The second-order valence-electron chi connectivity index (χ2n) is 7.24. The van der Waals surface area contributed by atoms with Crippen LogP contribution in [-0.2, 0) is 17.9 Å². The molecule has 3 heterocycles. The molecule has 0 unspecified atom stereocenters. The molecular formula is C20H18F6N6O3. The smallest absolute Gasteiger partial charge is 0.422 e. The number of carbonyl (C=O) groups is 2. The molecule has 3 aromatic rings. The number of rotatable bonds is 9. The monoisotopic (exact) mass is 504 g/mol. The Morgan fingerprint density at radius 2 is 1.77 bits per heavy atom. The van der Waals surface area contributed by atoms with E-state index in [0.29, 0.717) is 16.9 Å². The predicted octanol–water partition coefficient (Wildman–Crippen LogP) is 2.95. The van der Waals surface area contributed by atoms with Crippen molar-refractivity contribution in [2.45, 2.75) is 38.3 Å². The molecule has 15 heteroatoms. The molecule has 188 valence electrons. The number of aromatic nitrogens is 4. The van der Waals surface area contributed by atoms with E-state index in [1.807, 2.05) is 0 Å². The number of carbonyl (C=O) groups excluding carboxylic acids is 2. The van der Waals surface area contributed by atoms with Gasteiger partial charge in [-0.2, -0.15) is 31.4 Å². The normalized spacial score (nSPS) is 11.9. The van der Waals surface area contributed by atoms with Crippen molar-refractivity contribution in [1.82, 2.24) is 30.2 Å². The molecule has 0 radical (unpaired) electrons. The highest BCUT2D eigenvalue weighted by Crippen LogP contribution is 2.21. The van der Waals surface area contributed by atoms with Gasteiger partial charge >= 0.3 is 12.4 Å². The summed E-state index contributed by atoms with van der Waals surface area (Å²) in [4.78, 5) is 31.8. The minimum atomic E-state index is -4.55. The third-order valence-corrected chi connectivity index (χ3v) is 4.32. The summed E-state index contributed by atoms with van der Waals surface area (Å²) < 4.78 is 79.3. The summed E-state index contributed by atoms with van der Waals surface area (Å²) in [7, 11) is 0. The van der Waals surface area contributed by atoms with Crippen molar-refractivity contribution >= 4 is 17.5 Å². The van der Waals surface area contributed by atoms with E-state index in [2.05, 4.69) is 30.4 Å². The van der Waals surface area contributed by atoms with Gasteiger partial charge in [-0.1, -0.05) is 6.07 Å². The molecule has 0 atom stereocenters. The first-order valence-corrected chi connectivity index (χ1v) is 9.99. The lowest BCUT2D eigenvalue weighted by Crippen LogP contribution is -2.24. The van der Waals surface area contributed by atoms with Gasteiger partial charge in [-0.15, -0.1) is 0 Å². The Bertz CT molecular complexity index is 1190. The van der Waals surface area contributed by atoms with Crippen LogP contribution in [0.4, 0.5) is 26.3 Å². The molecule has 0 saturated heterocycles. The molecule has 9 nitrogen and oxygen atoms in total. The van der Waals surface area contributed by atoms with Gasteiger partial charge in [0.25, 0.3) is 5.91 Å². The number of pyridine rings is 1. The van der Waals surface area contributed by atoms with Gasteiger partial charge in [0.1, 0.15) is 5.69 Å². The molecule has 0 bridgehead atoms. The van der Waals surface area contributed by atoms with Crippen molar-refractivity contribution < 1.29 is 40.7 Å². The summed E-state index contributed by atoms with van der Waals surface area (Å²) in [5.74, 6) is -1.78. The van der Waals surface area contributed by atoms with Crippen LogP contribution in [0.25, 0.3) is 5.65 Å². The summed E-state index contributed by atoms with van der Waals surface area (Å²) >= 11 is 0. The number of halogens is 6. The van der Waals surface area contributed by atoms with Crippen molar-refractivity contribution in [3.8, 4) is 5.88 Å². The first-order valence-electron chi connectivity index (χ1n) is 9.99. The van der Waals surface area contributed by atoms with Crippen LogP contribution in [0.1, 0.15) is 34.6 Å². The maximum absolute atomic E-state index is 12.3. The zero-order valence-electron chi connectivity index (χ0n) is 17.8. The van der Waals surface area contributed by atoms with Crippen LogP contribution in [0.3, 0.4) is 0 Å². The highest BCUT2D eigenvalue weighted by atomic mass is 19.4. The van der Waals surface area contributed by atoms with Gasteiger partial charge in [0, 0.05) is 19.0 Å². The second kappa shape index (κ2) is 10.6. The minimum absolute atomic E-state index is 0.0441. The number of ether oxygens (including phenoxy) is 1. The molecule has 2 N–H and O–H groups in total. The highest BCUT2D eigenvalue weighted by Gasteiger charge is 2.29. The third-order valence-electron chi connectivity index (χ3n) is 4.32. The Labute approximate surface area is 193 Å². The fourth-order valence-corrected chi connectivity index (χ4v) is 2.73. The topological polar surface area (TPSA) is 111 Å². The third kappa shape index (κ3) is 8.42. The maximum Gasteiger partial charge on any atom is 0.422 e. The highest BCUT2D eigenvalue weighted by molar-refractivity contribution is 5.92. The van der Waals surface area contributed by atoms with Gasteiger partial charge in [0.2, 0.25) is 11.8 Å². The van der Waals surface area contributed by atoms with Gasteiger partial charge in [-0.3, -0.25) is 9.59 Å². The average molecular weight is 504 g/mol. The molecule has 0 aliphatic carbocycles. The van der Waals surface area contributed by atoms with E-state index in [9.17, 15) is 35.9 Å². The summed E-state index contributed by atoms with van der Waals surface area (Å²) in [6.07, 6.45) is -7.95. The number of fused-ring (bicyclic) bond motifs is 1. The Kier molecular flexibility index (Phi) is 7.76. The predicted molar refractivity (Wildman–Crippen MR) is 107 cm³/mol. The van der Waals surface area contributed by atoms with Crippen LogP contribution >= 0.6 is 0 Å². The van der Waals surface area contributed by atoms with Crippen molar-refractivity contribution in [2.24, 2.45) is 0 Å². The van der Waals surface area contributed by atoms with Crippen molar-refractivity contribution in [3.05, 3.63) is 53.6 Å². The van der Waals surface area contributed by atoms with Gasteiger partial charge < -0.3 is 15.4 Å². The first-order chi connectivity index (χ1) is 16.4. The molecule has 0 aliphatic rings. The Morgan fingerprint density at radius 1 is 1.00 bits per heavy atom. The van der Waals surface area contributed by atoms with Gasteiger partial charge in [-0.05, 0) is 17.7 Å². The van der Waals surface area contributed by atoms with Crippen LogP contribution in [0, 0.1) is 0 Å². The van der Waals surface area contributed by atoms with E-state index < -0.39 is 43.6 Å². The number of amides is 2. The number of hydrogen-bond donors (Lipinski definition) is 2. The lowest BCUT2D eigenvalue weighted by atomic mass is 10.2. The number of nitrogens with one attached hydrogen (secondary N) is 2. The molecule has 3 rings (SSSR count). The van der Waals surface area contributed by atoms with E-state index >= 15 is 0 Å². The molecule has 3 aromatic heterocycles. The van der Waals surface area contributed by atoms with E-state index in [0.717, 1.165) is 0 Å². The van der Waals surface area contributed by atoms with Crippen molar-refractivity contribution in [3.63, 3.8) is 0 Å². The summed E-state index contributed by atoms with van der Waals surface area (Å²) in [6, 6.07) is 5.38. The Morgan fingerprint density at radius 3 is 2.49 bits per heavy atom. The van der Waals surface area contributed by atoms with Crippen LogP contribution in [-0.4, -0.2) is 50.4 Å². The Hall–Kier alpha value is -3.91. The van der Waals surface area contributed by atoms with Crippen LogP contribution in [0.2, 0.25) is 0 Å². The summed E-state index contributed by atoms with van der Waals surface area (Å²) in [5.41, 5.74) is 1.09. The maximum atomic E-state index is 12.3. The number of hydrogen-bond acceptors (Lipinski definition) is 6. The molecule has 0 spiro atoms. The lowest BCUT2D eigenvalue weighted by molar-refractivity contribution is -0.154. The lowest BCUT2D eigenvalue weighted by Gasteiger charge is -2.09. The molecule has 0 aromatic carbocycles. The largest absolute Gasteiger partial charge is 0.468 e. The number of nitrogens with zero attached hydrogens (tertiary/aromatic N) is 4. The SMILES string of the molecule is O=C(CCC(F)(F)F)NCc1cnn2cc(CNC(=O)c3cccc(OCC(F)(F)F)n3)nc2c1.